The second kappa shape index (κ2) is 3.45. The van der Waals surface area contributed by atoms with Crippen LogP contribution in [0.5, 0.6) is 0 Å². The van der Waals surface area contributed by atoms with E-state index in [9.17, 15) is 13.2 Å². The SMILES string of the molecule is CC(C)(C)c1ccc(C(F)(F)F)n2ncnc12. The van der Waals surface area contributed by atoms with Crippen LogP contribution < -0.4 is 0 Å². The summed E-state index contributed by atoms with van der Waals surface area (Å²) in [7, 11) is 0. The Morgan fingerprint density at radius 2 is 1.76 bits per heavy atom. The third kappa shape index (κ3) is 1.99. The predicted octanol–water partition coefficient (Wildman–Crippen LogP) is 3.05. The first-order valence-electron chi connectivity index (χ1n) is 5.11. The molecule has 0 unspecified atom stereocenters. The number of hydrogen-bond acceptors (Lipinski definition) is 2. The standard InChI is InChI=1S/C11H12F3N3/c1-10(2,3)7-4-5-8(11(12,13)14)17-9(7)15-6-16-17/h4-6H,1-3H3. The molecule has 6 heteroatoms. The Labute approximate surface area is 96.3 Å². The van der Waals surface area contributed by atoms with Gasteiger partial charge in [-0.3, -0.25) is 0 Å². The lowest BCUT2D eigenvalue weighted by atomic mass is 9.87. The molecule has 0 amide bonds. The number of alkyl halides is 3. The first-order chi connectivity index (χ1) is 7.71. The second-order valence-corrected chi connectivity index (χ2v) is 4.88. The van der Waals surface area contributed by atoms with Crippen LogP contribution in [0, 0.1) is 0 Å². The fourth-order valence-corrected chi connectivity index (χ4v) is 1.71. The molecule has 0 fully saturated rings. The van der Waals surface area contributed by atoms with Crippen LogP contribution >= 0.6 is 0 Å². The fraction of sp³-hybridized carbons (Fsp3) is 0.455. The zero-order chi connectivity index (χ0) is 12.8. The number of rotatable bonds is 0. The third-order valence-corrected chi connectivity index (χ3v) is 2.52. The van der Waals surface area contributed by atoms with Crippen molar-refractivity contribution in [2.45, 2.75) is 32.4 Å². The summed E-state index contributed by atoms with van der Waals surface area (Å²) in [6.45, 7) is 5.76. The fourth-order valence-electron chi connectivity index (χ4n) is 1.71. The Kier molecular flexibility index (Phi) is 2.41. The van der Waals surface area contributed by atoms with Gasteiger partial charge in [-0.2, -0.15) is 18.3 Å². The van der Waals surface area contributed by atoms with Gasteiger partial charge in [0.05, 0.1) is 0 Å². The molecular weight excluding hydrogens is 231 g/mol. The number of aromatic nitrogens is 3. The van der Waals surface area contributed by atoms with Crippen molar-refractivity contribution < 1.29 is 13.2 Å². The molecule has 0 aromatic carbocycles. The first-order valence-corrected chi connectivity index (χ1v) is 5.11. The molecule has 0 saturated heterocycles. The molecule has 2 aromatic rings. The minimum atomic E-state index is -4.43. The number of fused-ring (bicyclic) bond motifs is 1. The van der Waals surface area contributed by atoms with E-state index in [-0.39, 0.29) is 11.1 Å². The van der Waals surface area contributed by atoms with Crippen molar-refractivity contribution in [3.8, 4) is 0 Å². The summed E-state index contributed by atoms with van der Waals surface area (Å²) in [6.07, 6.45) is -3.29. The summed E-state index contributed by atoms with van der Waals surface area (Å²) >= 11 is 0. The van der Waals surface area contributed by atoms with E-state index in [1.807, 2.05) is 20.8 Å². The minimum absolute atomic E-state index is 0.257. The summed E-state index contributed by atoms with van der Waals surface area (Å²) < 4.78 is 39.1. The number of hydrogen-bond donors (Lipinski definition) is 0. The molecule has 2 aromatic heterocycles. The van der Waals surface area contributed by atoms with Gasteiger partial charge in [0.2, 0.25) is 0 Å². The number of pyridine rings is 1. The summed E-state index contributed by atoms with van der Waals surface area (Å²) in [5.74, 6) is 0. The molecule has 0 atom stereocenters. The van der Waals surface area contributed by atoms with E-state index in [0.29, 0.717) is 0 Å². The molecule has 2 heterocycles. The molecular formula is C11H12F3N3. The zero-order valence-electron chi connectivity index (χ0n) is 9.71. The van der Waals surface area contributed by atoms with Crippen LogP contribution in [-0.4, -0.2) is 14.6 Å². The average molecular weight is 243 g/mol. The van der Waals surface area contributed by atoms with Crippen molar-refractivity contribution in [2.24, 2.45) is 0 Å². The van der Waals surface area contributed by atoms with E-state index in [1.54, 1.807) is 0 Å². The van der Waals surface area contributed by atoms with Gasteiger partial charge >= 0.3 is 6.18 Å². The monoisotopic (exact) mass is 243 g/mol. The van der Waals surface area contributed by atoms with Gasteiger partial charge in [-0.05, 0) is 11.5 Å². The highest BCUT2D eigenvalue weighted by Gasteiger charge is 2.35. The van der Waals surface area contributed by atoms with E-state index >= 15 is 0 Å². The van der Waals surface area contributed by atoms with Crippen molar-refractivity contribution in [1.29, 1.82) is 0 Å². The van der Waals surface area contributed by atoms with E-state index < -0.39 is 11.9 Å². The Bertz CT molecular complexity index is 501. The Hall–Kier alpha value is -1.59. The van der Waals surface area contributed by atoms with Gasteiger partial charge in [-0.15, -0.1) is 0 Å². The lowest BCUT2D eigenvalue weighted by Crippen LogP contribution is -2.18. The molecule has 0 aliphatic rings. The molecule has 17 heavy (non-hydrogen) atoms. The maximum Gasteiger partial charge on any atom is 0.433 e. The van der Waals surface area contributed by atoms with Crippen LogP contribution in [0.15, 0.2) is 18.5 Å². The smallest absolute Gasteiger partial charge is 0.215 e. The van der Waals surface area contributed by atoms with Crippen molar-refractivity contribution in [1.82, 2.24) is 14.6 Å². The van der Waals surface area contributed by atoms with E-state index in [0.717, 1.165) is 22.5 Å². The highest BCUT2D eigenvalue weighted by atomic mass is 19.4. The Morgan fingerprint density at radius 3 is 2.29 bits per heavy atom. The quantitative estimate of drug-likeness (QED) is 0.711. The molecule has 0 spiro atoms. The molecule has 0 aliphatic carbocycles. The van der Waals surface area contributed by atoms with E-state index in [4.69, 9.17) is 0 Å². The highest BCUT2D eigenvalue weighted by Crippen LogP contribution is 2.32. The van der Waals surface area contributed by atoms with Gasteiger partial charge in [-0.1, -0.05) is 26.8 Å². The zero-order valence-corrected chi connectivity index (χ0v) is 9.71. The molecule has 2 rings (SSSR count). The topological polar surface area (TPSA) is 30.2 Å². The Balaban J connectivity index is 2.76. The number of nitrogens with zero attached hydrogens (tertiary/aromatic N) is 3. The third-order valence-electron chi connectivity index (χ3n) is 2.52. The van der Waals surface area contributed by atoms with Crippen LogP contribution in [0.3, 0.4) is 0 Å². The van der Waals surface area contributed by atoms with Crippen LogP contribution in [0.2, 0.25) is 0 Å². The van der Waals surface area contributed by atoms with Gasteiger partial charge in [0, 0.05) is 5.56 Å². The van der Waals surface area contributed by atoms with Crippen molar-refractivity contribution >= 4 is 5.65 Å². The molecule has 0 bridgehead atoms. The summed E-state index contributed by atoms with van der Waals surface area (Å²) in [5.41, 5.74) is -0.0911. The van der Waals surface area contributed by atoms with Gasteiger partial charge in [0.25, 0.3) is 0 Å². The summed E-state index contributed by atoms with van der Waals surface area (Å²) in [5, 5.41) is 3.64. The molecule has 0 saturated carbocycles. The lowest BCUT2D eigenvalue weighted by molar-refractivity contribution is -0.142. The number of halogens is 3. The average Bonchev–Trinajstić information content (AvgIpc) is 2.60. The highest BCUT2D eigenvalue weighted by molar-refractivity contribution is 5.51. The molecule has 3 nitrogen and oxygen atoms in total. The largest absolute Gasteiger partial charge is 0.433 e. The van der Waals surface area contributed by atoms with Crippen molar-refractivity contribution in [2.75, 3.05) is 0 Å². The van der Waals surface area contributed by atoms with Gasteiger partial charge in [0.1, 0.15) is 12.0 Å². The maximum atomic E-state index is 12.7. The Morgan fingerprint density at radius 1 is 1.12 bits per heavy atom. The van der Waals surface area contributed by atoms with Crippen LogP contribution in [-0.2, 0) is 11.6 Å². The second-order valence-electron chi connectivity index (χ2n) is 4.88. The predicted molar refractivity (Wildman–Crippen MR) is 56.7 cm³/mol. The maximum absolute atomic E-state index is 12.7. The van der Waals surface area contributed by atoms with Crippen molar-refractivity contribution in [3.05, 3.63) is 29.7 Å². The van der Waals surface area contributed by atoms with Crippen LogP contribution in [0.25, 0.3) is 5.65 Å². The van der Waals surface area contributed by atoms with Crippen LogP contribution in [0.4, 0.5) is 13.2 Å². The lowest BCUT2D eigenvalue weighted by Gasteiger charge is -2.20. The normalized spacial score (nSPS) is 13.3. The summed E-state index contributed by atoms with van der Waals surface area (Å²) in [4.78, 5) is 3.91. The summed E-state index contributed by atoms with van der Waals surface area (Å²) in [6, 6.07) is 2.51. The van der Waals surface area contributed by atoms with E-state index in [1.165, 1.54) is 6.07 Å². The molecule has 0 N–H and O–H groups in total. The van der Waals surface area contributed by atoms with Crippen molar-refractivity contribution in [3.63, 3.8) is 0 Å². The molecule has 0 aliphatic heterocycles. The van der Waals surface area contributed by atoms with Gasteiger partial charge < -0.3 is 0 Å². The van der Waals surface area contributed by atoms with Gasteiger partial charge in [0.15, 0.2) is 5.65 Å². The molecule has 0 radical (unpaired) electrons. The first kappa shape index (κ1) is 11.9. The minimum Gasteiger partial charge on any atom is -0.215 e. The van der Waals surface area contributed by atoms with Crippen LogP contribution in [0.1, 0.15) is 32.0 Å². The van der Waals surface area contributed by atoms with E-state index in [2.05, 4.69) is 10.1 Å². The molecule has 92 valence electrons. The van der Waals surface area contributed by atoms with Gasteiger partial charge in [-0.25, -0.2) is 9.50 Å².